The molecule has 10 aromatic carbocycles. The Hall–Kier alpha value is -10.6. The van der Waals surface area contributed by atoms with Crippen molar-refractivity contribution >= 4 is 21.9 Å². The largest absolute Gasteiger partial charge is 0.323 e. The lowest BCUT2D eigenvalue weighted by Gasteiger charge is -2.25. The van der Waals surface area contributed by atoms with Gasteiger partial charge in [-0.1, -0.05) is 202 Å². The third-order valence-electron chi connectivity index (χ3n) is 17.8. The van der Waals surface area contributed by atoms with Gasteiger partial charge in [-0.05, 0) is 189 Å². The van der Waals surface area contributed by atoms with Gasteiger partial charge in [0.25, 0.3) is 0 Å². The zero-order valence-electron chi connectivity index (χ0n) is 49.4. The van der Waals surface area contributed by atoms with Crippen LogP contribution in [0.1, 0.15) is 52.8 Å². The van der Waals surface area contributed by atoms with Crippen molar-refractivity contribution < 1.29 is 0 Å². The molecule has 0 aliphatic heterocycles. The maximum Gasteiger partial charge on any atom is 0.238 e. The van der Waals surface area contributed by atoms with E-state index in [1.807, 2.05) is 60.7 Å². The Kier molecular flexibility index (Phi) is 12.5. The average molecular weight is 1110 g/mol. The second-order valence-corrected chi connectivity index (χ2v) is 23.8. The highest BCUT2D eigenvalue weighted by atomic mass is 15.2. The molecule has 0 saturated carbocycles. The molecule has 0 atom stereocenters. The Morgan fingerprint density at radius 2 is 0.837 bits per heavy atom. The summed E-state index contributed by atoms with van der Waals surface area (Å²) < 4.78 is 4.45. The number of fused-ring (bicyclic) bond motifs is 6. The van der Waals surface area contributed by atoms with E-state index in [1.165, 1.54) is 89.0 Å². The molecular weight excluding hydrogens is 1040 g/mol. The first-order valence-electron chi connectivity index (χ1n) is 29.7. The number of nitrogens with zero attached hydrogens (tertiary/aromatic N) is 6. The monoisotopic (exact) mass is 1110 g/mol. The Balaban J connectivity index is 0.816. The van der Waals surface area contributed by atoms with Gasteiger partial charge in [-0.3, -0.25) is 4.57 Å². The van der Waals surface area contributed by atoms with Gasteiger partial charge in [-0.2, -0.15) is 9.97 Å². The summed E-state index contributed by atoms with van der Waals surface area (Å²) in [5.41, 5.74) is 31.0. The van der Waals surface area contributed by atoms with Crippen molar-refractivity contribution in [2.24, 2.45) is 0 Å². The third-order valence-corrected chi connectivity index (χ3v) is 17.8. The SMILES string of the molecule is Cc1cc(-c2ccccc2)cc(-c2c(C)c(-c3cccc(-c4ccn(-c5ccc6c(c5)C(C)(C)c5cc7c(nc5-6)c5ccccc5n7-c5nc(-c6ccccc6)nc(-c6ccccc6)n5)c4)c3)c(C)c(-c3cc(C)cc(-c4ccccc4)c3)c2C)c1. The van der Waals surface area contributed by atoms with Crippen LogP contribution in [0.5, 0.6) is 0 Å². The lowest BCUT2D eigenvalue weighted by atomic mass is 9.79. The lowest BCUT2D eigenvalue weighted by molar-refractivity contribution is 0.659. The molecule has 0 fully saturated rings. The molecule has 0 bridgehead atoms. The first kappa shape index (κ1) is 52.3. The number of aromatic nitrogens is 6. The Morgan fingerprint density at radius 1 is 0.349 bits per heavy atom. The van der Waals surface area contributed by atoms with Gasteiger partial charge in [0.15, 0.2) is 11.6 Å². The van der Waals surface area contributed by atoms with Crippen LogP contribution >= 0.6 is 0 Å². The summed E-state index contributed by atoms with van der Waals surface area (Å²) in [4.78, 5) is 21.1. The topological polar surface area (TPSA) is 61.4 Å². The van der Waals surface area contributed by atoms with Crippen molar-refractivity contribution in [1.29, 1.82) is 0 Å². The van der Waals surface area contributed by atoms with Gasteiger partial charge in [0.05, 0.1) is 22.2 Å². The summed E-state index contributed by atoms with van der Waals surface area (Å²) in [6.07, 6.45) is 4.48. The van der Waals surface area contributed by atoms with Crippen LogP contribution in [0.2, 0.25) is 0 Å². The number of aryl methyl sites for hydroxylation is 2. The smallest absolute Gasteiger partial charge is 0.238 e. The van der Waals surface area contributed by atoms with Crippen LogP contribution in [-0.2, 0) is 5.41 Å². The van der Waals surface area contributed by atoms with Gasteiger partial charge < -0.3 is 4.57 Å². The first-order chi connectivity index (χ1) is 41.9. The van der Waals surface area contributed by atoms with E-state index in [-0.39, 0.29) is 5.41 Å². The number of hydrogen-bond donors (Lipinski definition) is 0. The second kappa shape index (κ2) is 20.6. The summed E-state index contributed by atoms with van der Waals surface area (Å²) in [6.45, 7) is 16.1. The van der Waals surface area contributed by atoms with Gasteiger partial charge in [-0.25, -0.2) is 9.97 Å². The minimum atomic E-state index is -0.373. The Bertz CT molecular complexity index is 4820. The summed E-state index contributed by atoms with van der Waals surface area (Å²) >= 11 is 0. The molecule has 0 unspecified atom stereocenters. The van der Waals surface area contributed by atoms with Crippen molar-refractivity contribution in [2.45, 2.75) is 53.9 Å². The summed E-state index contributed by atoms with van der Waals surface area (Å²) in [6, 6.07) is 85.1. The number of para-hydroxylation sites is 1. The number of rotatable bonds is 10. The average Bonchev–Trinajstić information content (AvgIpc) is 1.89. The van der Waals surface area contributed by atoms with E-state index < -0.39 is 0 Å². The van der Waals surface area contributed by atoms with E-state index in [9.17, 15) is 0 Å². The summed E-state index contributed by atoms with van der Waals surface area (Å²) in [5, 5.41) is 1.04. The maximum absolute atomic E-state index is 5.61. The van der Waals surface area contributed by atoms with Gasteiger partial charge in [0.1, 0.15) is 0 Å². The number of benzene rings is 10. The highest BCUT2D eigenvalue weighted by Crippen LogP contribution is 2.51. The molecular formula is C80H62N6. The highest BCUT2D eigenvalue weighted by molar-refractivity contribution is 6.08. The zero-order valence-corrected chi connectivity index (χ0v) is 49.4. The maximum atomic E-state index is 5.61. The number of hydrogen-bond acceptors (Lipinski definition) is 4. The second-order valence-electron chi connectivity index (χ2n) is 23.8. The van der Waals surface area contributed by atoms with Gasteiger partial charge in [0.2, 0.25) is 5.95 Å². The first-order valence-corrected chi connectivity index (χ1v) is 29.7. The van der Waals surface area contributed by atoms with Crippen molar-refractivity contribution in [3.05, 3.63) is 288 Å². The predicted molar refractivity (Wildman–Crippen MR) is 356 cm³/mol. The molecule has 6 nitrogen and oxygen atoms in total. The minimum absolute atomic E-state index is 0.373. The van der Waals surface area contributed by atoms with Crippen LogP contribution in [0, 0.1) is 34.6 Å². The molecule has 0 radical (unpaired) electrons. The molecule has 0 N–H and O–H groups in total. The Morgan fingerprint density at radius 3 is 1.42 bits per heavy atom. The fourth-order valence-electron chi connectivity index (χ4n) is 13.8. The van der Waals surface area contributed by atoms with E-state index in [0.717, 1.165) is 66.7 Å². The molecule has 4 heterocycles. The molecule has 86 heavy (non-hydrogen) atoms. The summed E-state index contributed by atoms with van der Waals surface area (Å²) in [7, 11) is 0. The van der Waals surface area contributed by atoms with Crippen molar-refractivity contribution in [2.75, 3.05) is 0 Å². The fraction of sp³-hybridized carbons (Fsp3) is 0.100. The van der Waals surface area contributed by atoms with E-state index in [2.05, 4.69) is 246 Å². The lowest BCUT2D eigenvalue weighted by Crippen LogP contribution is -2.16. The molecule has 6 heteroatoms. The van der Waals surface area contributed by atoms with Crippen LogP contribution in [0.15, 0.2) is 249 Å². The Labute approximate surface area is 502 Å². The highest BCUT2D eigenvalue weighted by Gasteiger charge is 2.38. The molecule has 412 valence electrons. The van der Waals surface area contributed by atoms with Crippen LogP contribution < -0.4 is 0 Å². The predicted octanol–water partition coefficient (Wildman–Crippen LogP) is 20.3. The quantitative estimate of drug-likeness (QED) is 0.137. The molecule has 4 aromatic heterocycles. The molecule has 14 aromatic rings. The normalized spacial score (nSPS) is 12.5. The molecule has 1 aliphatic carbocycles. The van der Waals surface area contributed by atoms with Crippen molar-refractivity contribution in [1.82, 2.24) is 29.1 Å². The molecule has 15 rings (SSSR count). The van der Waals surface area contributed by atoms with E-state index in [4.69, 9.17) is 19.9 Å². The van der Waals surface area contributed by atoms with E-state index in [0.29, 0.717) is 17.6 Å². The molecule has 0 spiro atoms. The van der Waals surface area contributed by atoms with Crippen LogP contribution in [0.4, 0.5) is 0 Å². The molecule has 0 amide bonds. The van der Waals surface area contributed by atoms with Gasteiger partial charge in [0, 0.05) is 45.6 Å². The summed E-state index contributed by atoms with van der Waals surface area (Å²) in [5.74, 6) is 1.78. The van der Waals surface area contributed by atoms with Crippen LogP contribution in [0.3, 0.4) is 0 Å². The van der Waals surface area contributed by atoms with Crippen LogP contribution in [0.25, 0.3) is 134 Å². The van der Waals surface area contributed by atoms with Crippen LogP contribution in [-0.4, -0.2) is 29.1 Å². The molecule has 1 aliphatic rings. The van der Waals surface area contributed by atoms with Gasteiger partial charge >= 0.3 is 0 Å². The standard InChI is InChI=1S/C80H62N6/c1-49-39-61(54-23-12-8-13-24-54)44-63(41-49)73-51(3)72(52(4)74(53(73)5)64-42-50(2)40-62(45-64)55-25-14-9-15-26-55)59-32-22-31-58(43-59)60-37-38-85(48-60)65-35-36-66-68(46-65)80(6,7)69-47-71-76(81-75(66)69)67-33-20-21-34-70(67)86(71)79-83-77(56-27-16-10-17-28-56)82-78(84-79)57-29-18-11-19-30-57/h8-48H,1-7H3. The van der Waals surface area contributed by atoms with E-state index in [1.54, 1.807) is 0 Å². The van der Waals surface area contributed by atoms with Crippen molar-refractivity contribution in [3.8, 4) is 112 Å². The number of pyridine rings is 1. The minimum Gasteiger partial charge on any atom is -0.323 e. The third kappa shape index (κ3) is 8.87. The zero-order chi connectivity index (χ0) is 58.4. The molecule has 0 saturated heterocycles. The van der Waals surface area contributed by atoms with Crippen molar-refractivity contribution in [3.63, 3.8) is 0 Å². The fourth-order valence-corrected chi connectivity index (χ4v) is 13.8. The van der Waals surface area contributed by atoms with E-state index >= 15 is 0 Å². The van der Waals surface area contributed by atoms with Gasteiger partial charge in [-0.15, -0.1) is 0 Å².